The van der Waals surface area contributed by atoms with Crippen LogP contribution in [0.1, 0.15) is 19.8 Å². The molecule has 1 rings (SSSR count). The second-order valence-corrected chi connectivity index (χ2v) is 9.59. The highest BCUT2D eigenvalue weighted by atomic mass is 31.2. The lowest BCUT2D eigenvalue weighted by Gasteiger charge is -2.46. The Morgan fingerprint density at radius 3 is 1.27 bits per heavy atom. The summed E-state index contributed by atoms with van der Waals surface area (Å²) in [7, 11) is -16.3. The zero-order chi connectivity index (χ0) is 23.3. The molecule has 20 heteroatoms. The molecule has 0 aromatic carbocycles. The van der Waals surface area contributed by atoms with Gasteiger partial charge in [-0.3, -0.25) is 24.1 Å². The lowest BCUT2D eigenvalue weighted by Crippen LogP contribution is -2.66. The number of rotatable bonds is 12. The van der Waals surface area contributed by atoms with E-state index >= 15 is 0 Å². The Balaban J connectivity index is 3.54. The van der Waals surface area contributed by atoms with Crippen LogP contribution in [0.4, 0.5) is 0 Å². The Hall–Kier alpha value is 0.130. The largest absolute Gasteiger partial charge is 0.470 e. The van der Waals surface area contributed by atoms with Crippen LogP contribution in [0.5, 0.6) is 0 Å². The second kappa shape index (κ2) is 11.3. The third-order valence-corrected chi connectivity index (χ3v) is 5.33. The zero-order valence-corrected chi connectivity index (χ0v) is 17.9. The van der Waals surface area contributed by atoms with Gasteiger partial charge in [0.25, 0.3) is 0 Å². The van der Waals surface area contributed by atoms with Crippen molar-refractivity contribution in [1.82, 2.24) is 0 Å². The Morgan fingerprint density at radius 1 is 0.633 bits per heavy atom. The molecule has 8 N–H and O–H groups in total. The van der Waals surface area contributed by atoms with Crippen LogP contribution in [0.3, 0.4) is 0 Å². The molecule has 17 nitrogen and oxygen atoms in total. The molecule has 1 aliphatic carbocycles. The molecule has 1 aliphatic rings. The summed E-state index contributed by atoms with van der Waals surface area (Å²) in [6.07, 6.45) is -12.1. The van der Waals surface area contributed by atoms with Gasteiger partial charge in [-0.15, -0.1) is 0 Å². The fourth-order valence-electron chi connectivity index (χ4n) is 2.75. The van der Waals surface area contributed by atoms with Crippen molar-refractivity contribution in [3.63, 3.8) is 0 Å². The maximum atomic E-state index is 11.4. The summed E-state index contributed by atoms with van der Waals surface area (Å²) in [6.45, 7) is 1.51. The van der Waals surface area contributed by atoms with E-state index in [1.54, 1.807) is 6.92 Å². The van der Waals surface area contributed by atoms with E-state index < -0.39 is 60.1 Å². The van der Waals surface area contributed by atoms with Crippen LogP contribution in [0.2, 0.25) is 0 Å². The SMILES string of the molecule is CCCCOC1C(OP(=O)(O)O)[C@H](OO)[C@H](OO)C(OP(=O)(O)O)[C@@H]1OP(=O)(O)O. The Kier molecular flexibility index (Phi) is 10.6. The first-order valence-corrected chi connectivity index (χ1v) is 12.7. The van der Waals surface area contributed by atoms with Gasteiger partial charge in [-0.05, 0) is 6.42 Å². The molecule has 0 aliphatic heterocycles. The molecular weight excluding hydrogens is 485 g/mol. The topological polar surface area (TPSA) is 268 Å². The van der Waals surface area contributed by atoms with Crippen LogP contribution in [-0.4, -0.2) is 83.1 Å². The average molecular weight is 508 g/mol. The highest BCUT2D eigenvalue weighted by Gasteiger charge is 2.60. The average Bonchev–Trinajstić information content (AvgIpc) is 2.55. The van der Waals surface area contributed by atoms with E-state index in [1.807, 2.05) is 0 Å². The molecule has 0 heterocycles. The standard InChI is InChI=1S/C10H23O17P3/c1-2-3-4-22-5-8(25-28(13,14)15)6(23-11)7(24-12)10(27-30(19,20)21)9(5)26-29(16,17)18/h5-12H,2-4H2,1H3,(H2,13,14,15)(H2,16,17,18)(H2,19,20,21)/t5?,6-,7+,8?,9-,10?/m1/s1. The van der Waals surface area contributed by atoms with Gasteiger partial charge in [0.1, 0.15) is 24.4 Å². The summed E-state index contributed by atoms with van der Waals surface area (Å²) < 4.78 is 52.7. The second-order valence-electron chi connectivity index (χ2n) is 6.01. The Morgan fingerprint density at radius 2 is 0.967 bits per heavy atom. The van der Waals surface area contributed by atoms with Crippen molar-refractivity contribution in [2.75, 3.05) is 6.61 Å². The van der Waals surface area contributed by atoms with Crippen molar-refractivity contribution in [2.24, 2.45) is 0 Å². The highest BCUT2D eigenvalue weighted by Crippen LogP contribution is 2.50. The summed E-state index contributed by atoms with van der Waals surface area (Å²) in [5, 5.41) is 18.3. The first kappa shape index (κ1) is 28.2. The summed E-state index contributed by atoms with van der Waals surface area (Å²) >= 11 is 0. The molecular formula is C10H23O17P3. The van der Waals surface area contributed by atoms with Crippen LogP contribution >= 0.6 is 23.5 Å². The van der Waals surface area contributed by atoms with Crippen LogP contribution < -0.4 is 0 Å². The molecule has 0 spiro atoms. The number of phosphoric acid groups is 3. The fraction of sp³-hybridized carbons (Fsp3) is 1.00. The Labute approximate surface area is 169 Å². The lowest BCUT2D eigenvalue weighted by molar-refractivity contribution is -0.398. The molecule has 180 valence electrons. The minimum Gasteiger partial charge on any atom is -0.373 e. The maximum absolute atomic E-state index is 11.4. The first-order chi connectivity index (χ1) is 13.6. The van der Waals surface area contributed by atoms with Crippen molar-refractivity contribution >= 4 is 23.5 Å². The van der Waals surface area contributed by atoms with Crippen molar-refractivity contribution in [3.8, 4) is 0 Å². The van der Waals surface area contributed by atoms with E-state index in [0.717, 1.165) is 0 Å². The van der Waals surface area contributed by atoms with E-state index in [9.17, 15) is 23.5 Å². The first-order valence-electron chi connectivity index (χ1n) is 8.07. The van der Waals surface area contributed by atoms with E-state index in [2.05, 4.69) is 23.3 Å². The third-order valence-electron chi connectivity index (χ3n) is 3.77. The normalized spacial score (nSPS) is 31.1. The molecule has 6 atom stereocenters. The minimum atomic E-state index is -5.46. The number of hydrogen-bond donors (Lipinski definition) is 8. The van der Waals surface area contributed by atoms with E-state index in [-0.39, 0.29) is 6.61 Å². The Bertz CT molecular complexity index is 669. The number of ether oxygens (including phenoxy) is 1. The van der Waals surface area contributed by atoms with Crippen molar-refractivity contribution in [3.05, 3.63) is 0 Å². The van der Waals surface area contributed by atoms with Gasteiger partial charge in [0.2, 0.25) is 0 Å². The molecule has 0 radical (unpaired) electrons. The molecule has 3 unspecified atom stereocenters. The van der Waals surface area contributed by atoms with Crippen molar-refractivity contribution in [1.29, 1.82) is 0 Å². The number of hydrogen-bond acceptors (Lipinski definition) is 11. The molecule has 0 aromatic heterocycles. The smallest absolute Gasteiger partial charge is 0.373 e. The van der Waals surface area contributed by atoms with Gasteiger partial charge < -0.3 is 34.1 Å². The quantitative estimate of drug-likeness (QED) is 0.0703. The van der Waals surface area contributed by atoms with Gasteiger partial charge in [-0.25, -0.2) is 23.5 Å². The van der Waals surface area contributed by atoms with Crippen LogP contribution in [0.25, 0.3) is 0 Å². The van der Waals surface area contributed by atoms with Crippen LogP contribution in [0.15, 0.2) is 0 Å². The summed E-state index contributed by atoms with van der Waals surface area (Å²) in [6, 6.07) is 0. The molecule has 0 saturated heterocycles. The monoisotopic (exact) mass is 508 g/mol. The molecule has 0 amide bonds. The van der Waals surface area contributed by atoms with Crippen LogP contribution in [-0.2, 0) is 41.8 Å². The number of unbranched alkanes of at least 4 members (excludes halogenated alkanes) is 1. The predicted octanol–water partition coefficient (Wildman–Crippen LogP) is -0.665. The van der Waals surface area contributed by atoms with Crippen molar-refractivity contribution in [2.45, 2.75) is 56.4 Å². The highest BCUT2D eigenvalue weighted by molar-refractivity contribution is 7.46. The zero-order valence-electron chi connectivity index (χ0n) is 15.2. The molecule has 0 bridgehead atoms. The lowest BCUT2D eigenvalue weighted by atomic mass is 9.84. The van der Waals surface area contributed by atoms with Gasteiger partial charge >= 0.3 is 23.5 Å². The molecule has 30 heavy (non-hydrogen) atoms. The predicted molar refractivity (Wildman–Crippen MR) is 90.4 cm³/mol. The van der Waals surface area contributed by atoms with E-state index in [0.29, 0.717) is 12.8 Å². The van der Waals surface area contributed by atoms with Crippen molar-refractivity contribution < 1.29 is 81.7 Å². The molecule has 1 saturated carbocycles. The van der Waals surface area contributed by atoms with Gasteiger partial charge in [-0.1, -0.05) is 13.3 Å². The van der Waals surface area contributed by atoms with Gasteiger partial charge in [0.05, 0.1) is 0 Å². The summed E-state index contributed by atoms with van der Waals surface area (Å²) in [5.74, 6) is 0. The molecule has 0 aromatic rings. The van der Waals surface area contributed by atoms with Gasteiger partial charge in [0.15, 0.2) is 12.2 Å². The molecule has 1 fully saturated rings. The van der Waals surface area contributed by atoms with E-state index in [4.69, 9.17) is 34.8 Å². The van der Waals surface area contributed by atoms with Crippen LogP contribution in [0, 0.1) is 0 Å². The number of phosphoric ester groups is 3. The van der Waals surface area contributed by atoms with Gasteiger partial charge in [-0.2, -0.15) is 0 Å². The summed E-state index contributed by atoms with van der Waals surface area (Å²) in [4.78, 5) is 62.8. The fourth-order valence-corrected chi connectivity index (χ4v) is 4.42. The van der Waals surface area contributed by atoms with Gasteiger partial charge in [0, 0.05) is 6.61 Å². The minimum absolute atomic E-state index is 0.214. The third kappa shape index (κ3) is 8.94. The maximum Gasteiger partial charge on any atom is 0.470 e. The van der Waals surface area contributed by atoms with E-state index in [1.165, 1.54) is 0 Å². The summed E-state index contributed by atoms with van der Waals surface area (Å²) in [5.41, 5.74) is 0.